The lowest BCUT2D eigenvalue weighted by Crippen LogP contribution is -2.14. The van der Waals surface area contributed by atoms with Crippen molar-refractivity contribution < 1.29 is 17.7 Å². The van der Waals surface area contributed by atoms with Gasteiger partial charge in [0.15, 0.2) is 0 Å². The van der Waals surface area contributed by atoms with Crippen LogP contribution < -0.4 is 16.6 Å². The smallest absolute Gasteiger partial charge is 0.364 e. The number of nitrogens with two attached hydrogens (primary N) is 1. The van der Waals surface area contributed by atoms with E-state index in [0.717, 1.165) is 12.1 Å². The number of anilines is 2. The molecule has 2 aromatic heterocycles. The molecule has 2 heterocycles. The van der Waals surface area contributed by atoms with Crippen molar-refractivity contribution >= 4 is 11.6 Å². The molecule has 0 aromatic carbocycles. The Balaban J connectivity index is 2.19. The Morgan fingerprint density at radius 3 is 2.58 bits per heavy atom. The zero-order valence-electron chi connectivity index (χ0n) is 9.53. The number of halogens is 3. The Hall–Kier alpha value is -2.29. The van der Waals surface area contributed by atoms with Crippen molar-refractivity contribution in [2.45, 2.75) is 12.7 Å². The minimum absolute atomic E-state index is 0.0331. The maximum Gasteiger partial charge on any atom is 0.416 e. The summed E-state index contributed by atoms with van der Waals surface area (Å²) in [6, 6.07) is 3.30. The van der Waals surface area contributed by atoms with Gasteiger partial charge in [0.2, 0.25) is 0 Å². The Labute approximate surface area is 105 Å². The standard InChI is InChI=1S/C10H10F3N5O/c11-10(12,13)6-3-8(16-9(4-6)17-14)15-5-7-1-2-19-18-7/h1-4H,5,14H2,(H2,15,16,17). The van der Waals surface area contributed by atoms with Gasteiger partial charge < -0.3 is 15.3 Å². The highest BCUT2D eigenvalue weighted by Gasteiger charge is 2.31. The van der Waals surface area contributed by atoms with Crippen molar-refractivity contribution in [2.24, 2.45) is 5.84 Å². The third-order valence-electron chi connectivity index (χ3n) is 2.24. The zero-order valence-corrected chi connectivity index (χ0v) is 9.53. The first-order valence-electron chi connectivity index (χ1n) is 5.18. The van der Waals surface area contributed by atoms with E-state index in [0.29, 0.717) is 5.69 Å². The van der Waals surface area contributed by atoms with E-state index in [1.54, 1.807) is 6.07 Å². The molecule has 0 saturated carbocycles. The highest BCUT2D eigenvalue weighted by Crippen LogP contribution is 2.31. The molecule has 2 aromatic rings. The highest BCUT2D eigenvalue weighted by molar-refractivity contribution is 5.49. The van der Waals surface area contributed by atoms with E-state index >= 15 is 0 Å². The third kappa shape index (κ3) is 3.35. The summed E-state index contributed by atoms with van der Waals surface area (Å²) in [5.74, 6) is 5.03. The Morgan fingerprint density at radius 1 is 1.26 bits per heavy atom. The molecule has 0 amide bonds. The van der Waals surface area contributed by atoms with Crippen LogP contribution in [0.5, 0.6) is 0 Å². The predicted octanol–water partition coefficient (Wildman–Crippen LogP) is 1.99. The molecular formula is C10H10F3N5O. The largest absolute Gasteiger partial charge is 0.416 e. The predicted molar refractivity (Wildman–Crippen MR) is 60.9 cm³/mol. The minimum atomic E-state index is -4.47. The monoisotopic (exact) mass is 273 g/mol. The van der Waals surface area contributed by atoms with Crippen LogP contribution in [0.2, 0.25) is 0 Å². The quantitative estimate of drug-likeness (QED) is 0.583. The lowest BCUT2D eigenvalue weighted by molar-refractivity contribution is -0.137. The summed E-state index contributed by atoms with van der Waals surface area (Å²) in [5, 5.41) is 6.32. The second kappa shape index (κ2) is 5.14. The van der Waals surface area contributed by atoms with Crippen LogP contribution in [0.1, 0.15) is 11.3 Å². The second-order valence-electron chi connectivity index (χ2n) is 3.61. The number of aromatic nitrogens is 2. The van der Waals surface area contributed by atoms with Gasteiger partial charge in [0.05, 0.1) is 12.1 Å². The fourth-order valence-electron chi connectivity index (χ4n) is 1.37. The first-order chi connectivity index (χ1) is 8.99. The first kappa shape index (κ1) is 13.1. The summed E-state index contributed by atoms with van der Waals surface area (Å²) >= 11 is 0. The fraction of sp³-hybridized carbons (Fsp3) is 0.200. The number of hydrazine groups is 1. The van der Waals surface area contributed by atoms with Crippen LogP contribution in [0.4, 0.5) is 24.8 Å². The molecule has 0 bridgehead atoms. The summed E-state index contributed by atoms with van der Waals surface area (Å²) in [5.41, 5.74) is 1.78. The molecular weight excluding hydrogens is 263 g/mol. The van der Waals surface area contributed by atoms with E-state index in [1.165, 1.54) is 6.26 Å². The summed E-state index contributed by atoms with van der Waals surface area (Å²) in [6.45, 7) is 0.189. The number of nitrogen functional groups attached to an aromatic ring is 1. The third-order valence-corrected chi connectivity index (χ3v) is 2.24. The van der Waals surface area contributed by atoms with E-state index in [4.69, 9.17) is 5.84 Å². The van der Waals surface area contributed by atoms with Crippen molar-refractivity contribution in [3.8, 4) is 0 Å². The van der Waals surface area contributed by atoms with Crippen molar-refractivity contribution in [1.82, 2.24) is 10.1 Å². The van der Waals surface area contributed by atoms with Gasteiger partial charge in [-0.15, -0.1) is 0 Å². The van der Waals surface area contributed by atoms with Crippen molar-refractivity contribution in [1.29, 1.82) is 0 Å². The molecule has 0 unspecified atom stereocenters. The van der Waals surface area contributed by atoms with Gasteiger partial charge in [-0.3, -0.25) is 0 Å². The average molecular weight is 273 g/mol. The fourth-order valence-corrected chi connectivity index (χ4v) is 1.37. The van der Waals surface area contributed by atoms with Gasteiger partial charge in [0.25, 0.3) is 0 Å². The Morgan fingerprint density at radius 2 is 2.00 bits per heavy atom. The molecule has 0 atom stereocenters. The SMILES string of the molecule is NNc1cc(C(F)(F)F)cc(NCc2ccon2)n1. The molecule has 0 aliphatic rings. The molecule has 0 fully saturated rings. The lowest BCUT2D eigenvalue weighted by atomic mass is 10.2. The molecule has 102 valence electrons. The average Bonchev–Trinajstić information content (AvgIpc) is 2.88. The van der Waals surface area contributed by atoms with E-state index in [9.17, 15) is 13.2 Å². The number of hydrogen-bond acceptors (Lipinski definition) is 6. The molecule has 0 saturated heterocycles. The van der Waals surface area contributed by atoms with Gasteiger partial charge >= 0.3 is 6.18 Å². The summed E-state index contributed by atoms with van der Waals surface area (Å²) in [4.78, 5) is 3.86. The normalized spacial score (nSPS) is 11.4. The number of rotatable bonds is 4. The van der Waals surface area contributed by atoms with Crippen LogP contribution in [0.25, 0.3) is 0 Å². The van der Waals surface area contributed by atoms with Crippen LogP contribution >= 0.6 is 0 Å². The van der Waals surface area contributed by atoms with Gasteiger partial charge in [-0.2, -0.15) is 13.2 Å². The molecule has 0 spiro atoms. The number of pyridine rings is 1. The Kier molecular flexibility index (Phi) is 3.56. The number of alkyl halides is 3. The molecule has 0 aliphatic heterocycles. The van der Waals surface area contributed by atoms with Crippen LogP contribution in [0.15, 0.2) is 29.0 Å². The molecule has 0 aliphatic carbocycles. The van der Waals surface area contributed by atoms with Gasteiger partial charge in [0.1, 0.15) is 23.6 Å². The maximum absolute atomic E-state index is 12.6. The minimum Gasteiger partial charge on any atom is -0.364 e. The second-order valence-corrected chi connectivity index (χ2v) is 3.61. The Bertz CT molecular complexity index is 541. The number of nitrogens with one attached hydrogen (secondary N) is 2. The molecule has 4 N–H and O–H groups in total. The van der Waals surface area contributed by atoms with Gasteiger partial charge in [0, 0.05) is 6.07 Å². The number of hydrogen-bond donors (Lipinski definition) is 3. The van der Waals surface area contributed by atoms with Crippen molar-refractivity contribution in [3.05, 3.63) is 35.7 Å². The van der Waals surface area contributed by atoms with E-state index < -0.39 is 11.7 Å². The zero-order chi connectivity index (χ0) is 13.9. The van der Waals surface area contributed by atoms with Crippen molar-refractivity contribution in [2.75, 3.05) is 10.7 Å². The van der Waals surface area contributed by atoms with Gasteiger partial charge in [-0.25, -0.2) is 10.8 Å². The van der Waals surface area contributed by atoms with Crippen LogP contribution in [-0.4, -0.2) is 10.1 Å². The topological polar surface area (TPSA) is 89.0 Å². The van der Waals surface area contributed by atoms with E-state index in [2.05, 4.69) is 25.4 Å². The molecule has 2 rings (SSSR count). The molecule has 9 heteroatoms. The molecule has 19 heavy (non-hydrogen) atoms. The van der Waals surface area contributed by atoms with Crippen LogP contribution in [0, 0.1) is 0 Å². The first-order valence-corrected chi connectivity index (χ1v) is 5.18. The lowest BCUT2D eigenvalue weighted by Gasteiger charge is -2.11. The summed E-state index contributed by atoms with van der Waals surface area (Å²) in [7, 11) is 0. The number of nitrogens with zero attached hydrogens (tertiary/aromatic N) is 2. The summed E-state index contributed by atoms with van der Waals surface area (Å²) < 4.78 is 42.5. The van der Waals surface area contributed by atoms with Gasteiger partial charge in [-0.05, 0) is 12.1 Å². The van der Waals surface area contributed by atoms with Gasteiger partial charge in [-0.1, -0.05) is 5.16 Å². The van der Waals surface area contributed by atoms with Crippen LogP contribution in [0.3, 0.4) is 0 Å². The van der Waals surface area contributed by atoms with E-state index in [-0.39, 0.29) is 18.2 Å². The maximum atomic E-state index is 12.6. The highest BCUT2D eigenvalue weighted by atomic mass is 19.4. The molecule has 0 radical (unpaired) electrons. The molecule has 6 nitrogen and oxygen atoms in total. The van der Waals surface area contributed by atoms with E-state index in [1.807, 2.05) is 0 Å². The summed E-state index contributed by atoms with van der Waals surface area (Å²) in [6.07, 6.45) is -3.11. The van der Waals surface area contributed by atoms with Crippen molar-refractivity contribution in [3.63, 3.8) is 0 Å². The van der Waals surface area contributed by atoms with Crippen LogP contribution in [-0.2, 0) is 12.7 Å².